The van der Waals surface area contributed by atoms with Crippen LogP contribution in [-0.4, -0.2) is 61.4 Å². The molecule has 29 heavy (non-hydrogen) atoms. The topological polar surface area (TPSA) is 125 Å². The van der Waals surface area contributed by atoms with Crippen molar-refractivity contribution in [2.24, 2.45) is 0 Å². The molecule has 0 bridgehead atoms. The fraction of sp³-hybridized carbons (Fsp3) is 0.611. The molecule has 0 aliphatic rings. The molecule has 1 rings (SSSR count). The minimum Gasteiger partial charge on any atom is -0.481 e. The van der Waals surface area contributed by atoms with E-state index in [0.717, 1.165) is 12.8 Å². The van der Waals surface area contributed by atoms with Gasteiger partial charge in [0.2, 0.25) is 0 Å². The van der Waals surface area contributed by atoms with Gasteiger partial charge in [-0.05, 0) is 25.0 Å². The summed E-state index contributed by atoms with van der Waals surface area (Å²) in [5.41, 5.74) is -0.111. The summed E-state index contributed by atoms with van der Waals surface area (Å²) >= 11 is 0. The van der Waals surface area contributed by atoms with Gasteiger partial charge in [0.05, 0.1) is 32.7 Å². The Balaban J connectivity index is 2.61. The number of nitro benzene ring substituents is 1. The lowest BCUT2D eigenvalue weighted by molar-refractivity contribution is -0.870. The molecule has 1 N–H and O–H groups in total. The van der Waals surface area contributed by atoms with E-state index in [0.29, 0.717) is 23.9 Å². The smallest absolute Gasteiger partial charge is 0.481 e. The molecule has 0 aliphatic heterocycles. The molecule has 1 aromatic rings. The van der Waals surface area contributed by atoms with Gasteiger partial charge in [-0.2, -0.15) is 0 Å². The summed E-state index contributed by atoms with van der Waals surface area (Å²) in [6, 6.07) is 5.16. The van der Waals surface area contributed by atoms with Crippen molar-refractivity contribution in [3.05, 3.63) is 34.4 Å². The van der Waals surface area contributed by atoms with Gasteiger partial charge in [-0.3, -0.25) is 24.0 Å². The molecule has 0 spiro atoms. The molecule has 164 valence electrons. The first-order chi connectivity index (χ1) is 13.5. The lowest BCUT2D eigenvalue weighted by atomic mass is 10.1. The number of hydrogen-bond acceptors (Lipinski definition) is 7. The number of nitro groups is 1. The molecule has 1 aromatic carbocycles. The summed E-state index contributed by atoms with van der Waals surface area (Å²) in [6.07, 6.45) is 2.73. The Morgan fingerprint density at radius 2 is 1.66 bits per heavy atom. The number of phosphoric ester groups is 1. The zero-order valence-electron chi connectivity index (χ0n) is 17.1. The lowest BCUT2D eigenvalue weighted by Crippen LogP contribution is -2.37. The van der Waals surface area contributed by atoms with Gasteiger partial charge in [0.25, 0.3) is 5.69 Å². The number of phosphoric acid groups is 1. The average molecular weight is 433 g/mol. The normalized spacial score (nSPS) is 13.6. The van der Waals surface area contributed by atoms with E-state index in [1.54, 1.807) is 0 Å². The van der Waals surface area contributed by atoms with Crippen LogP contribution in [0.25, 0.3) is 0 Å². The summed E-state index contributed by atoms with van der Waals surface area (Å²) < 4.78 is 29.8. The van der Waals surface area contributed by atoms with Crippen LogP contribution in [0, 0.1) is 10.1 Å². The summed E-state index contributed by atoms with van der Waals surface area (Å²) in [7, 11) is 1.97. The first-order valence-electron chi connectivity index (χ1n) is 9.36. The zero-order chi connectivity index (χ0) is 21.9. The van der Waals surface area contributed by atoms with Crippen molar-refractivity contribution in [1.82, 2.24) is 0 Å². The van der Waals surface area contributed by atoms with Crippen molar-refractivity contribution in [1.29, 1.82) is 0 Å². The van der Waals surface area contributed by atoms with E-state index >= 15 is 0 Å². The van der Waals surface area contributed by atoms with Crippen molar-refractivity contribution >= 4 is 19.5 Å². The van der Waals surface area contributed by atoms with Crippen molar-refractivity contribution in [3.8, 4) is 5.75 Å². The summed E-state index contributed by atoms with van der Waals surface area (Å²) in [5, 5.41) is 19.4. The summed E-state index contributed by atoms with van der Waals surface area (Å²) in [4.78, 5) is 20.7. The highest BCUT2D eigenvalue weighted by molar-refractivity contribution is 7.48. The van der Waals surface area contributed by atoms with Crippen LogP contribution in [0.15, 0.2) is 24.3 Å². The van der Waals surface area contributed by atoms with E-state index < -0.39 is 18.7 Å². The quantitative estimate of drug-likeness (QED) is 0.145. The van der Waals surface area contributed by atoms with Crippen LogP contribution in [0.3, 0.4) is 0 Å². The Morgan fingerprint density at radius 3 is 2.21 bits per heavy atom. The minimum absolute atomic E-state index is 0.111. The van der Waals surface area contributed by atoms with Crippen LogP contribution in [0.2, 0.25) is 0 Å². The number of nitrogens with zero attached hydrogens (tertiary/aromatic N) is 2. The third-order valence-electron chi connectivity index (χ3n) is 3.81. The van der Waals surface area contributed by atoms with Gasteiger partial charge in [0, 0.05) is 18.6 Å². The SMILES string of the molecule is C[N+](C)(C)CCO[P@@](=O)(OCCCCCCC(=O)O)Oc1ccc([N+](=O)[O-])cc1. The maximum atomic E-state index is 13.0. The largest absolute Gasteiger partial charge is 0.530 e. The molecule has 0 heterocycles. The van der Waals surface area contributed by atoms with Crippen LogP contribution >= 0.6 is 7.82 Å². The maximum absolute atomic E-state index is 13.0. The van der Waals surface area contributed by atoms with Gasteiger partial charge >= 0.3 is 13.8 Å². The predicted molar refractivity (Wildman–Crippen MR) is 107 cm³/mol. The van der Waals surface area contributed by atoms with Crippen LogP contribution in [0.1, 0.15) is 32.1 Å². The second-order valence-electron chi connectivity index (χ2n) is 7.53. The Bertz CT molecular complexity index is 703. The molecule has 10 nitrogen and oxygen atoms in total. The zero-order valence-corrected chi connectivity index (χ0v) is 18.0. The molecular formula is C18H30N2O8P+. The van der Waals surface area contributed by atoms with Crippen LogP contribution in [-0.2, 0) is 18.4 Å². The number of aliphatic carboxylic acids is 1. The van der Waals surface area contributed by atoms with E-state index in [1.807, 2.05) is 21.1 Å². The molecule has 11 heteroatoms. The standard InChI is InChI=1S/C18H29N2O8P/c1-20(2,3)13-15-27-29(25,26-14-7-5-4-6-8-18(21)22)28-17-11-9-16(10-12-17)19(23)24/h9-12H,4-8,13-15H2,1-3H3/p+1/t29-/m1/s1. The summed E-state index contributed by atoms with van der Waals surface area (Å²) in [6.45, 7) is 0.847. The molecule has 0 aliphatic carbocycles. The first-order valence-corrected chi connectivity index (χ1v) is 10.8. The third-order valence-corrected chi connectivity index (χ3v) is 5.24. The second-order valence-corrected chi connectivity index (χ2v) is 9.12. The number of unbranched alkanes of at least 4 members (excludes halogenated alkanes) is 3. The number of quaternary nitrogens is 1. The lowest BCUT2D eigenvalue weighted by Gasteiger charge is -2.25. The third kappa shape index (κ3) is 11.6. The Labute approximate surface area is 170 Å². The number of rotatable bonds is 15. The van der Waals surface area contributed by atoms with E-state index in [2.05, 4.69) is 0 Å². The number of carbonyl (C=O) groups is 1. The van der Waals surface area contributed by atoms with E-state index in [9.17, 15) is 19.5 Å². The van der Waals surface area contributed by atoms with Gasteiger partial charge < -0.3 is 14.1 Å². The fourth-order valence-corrected chi connectivity index (χ4v) is 3.40. The fourth-order valence-electron chi connectivity index (χ4n) is 2.18. The molecule has 0 saturated heterocycles. The number of carboxylic acid groups (broad SMARTS) is 1. The predicted octanol–water partition coefficient (Wildman–Crippen LogP) is 3.86. The second kappa shape index (κ2) is 11.9. The van der Waals surface area contributed by atoms with Gasteiger partial charge in [-0.15, -0.1) is 0 Å². The molecule has 0 aromatic heterocycles. The van der Waals surface area contributed by atoms with Crippen LogP contribution < -0.4 is 4.52 Å². The number of hydrogen-bond donors (Lipinski definition) is 1. The first kappa shape index (κ1) is 25.0. The van der Waals surface area contributed by atoms with Gasteiger partial charge in [-0.1, -0.05) is 12.8 Å². The Kier molecular flexibility index (Phi) is 10.2. The van der Waals surface area contributed by atoms with Crippen molar-refractivity contribution in [2.75, 3.05) is 40.9 Å². The molecule has 0 amide bonds. The van der Waals surface area contributed by atoms with E-state index in [1.165, 1.54) is 24.3 Å². The minimum atomic E-state index is -3.91. The molecule has 0 fully saturated rings. The molecule has 0 unspecified atom stereocenters. The highest BCUT2D eigenvalue weighted by Gasteiger charge is 2.29. The van der Waals surface area contributed by atoms with E-state index in [-0.39, 0.29) is 31.1 Å². The molecular weight excluding hydrogens is 403 g/mol. The molecule has 0 radical (unpaired) electrons. The Morgan fingerprint density at radius 1 is 1.07 bits per heavy atom. The van der Waals surface area contributed by atoms with Crippen LogP contribution in [0.5, 0.6) is 5.75 Å². The molecule has 1 atom stereocenters. The number of likely N-dealkylation sites (N-methyl/N-ethyl adjacent to an activating group) is 1. The van der Waals surface area contributed by atoms with Crippen molar-refractivity contribution in [2.45, 2.75) is 32.1 Å². The van der Waals surface area contributed by atoms with E-state index in [4.69, 9.17) is 18.7 Å². The highest BCUT2D eigenvalue weighted by Crippen LogP contribution is 2.49. The monoisotopic (exact) mass is 433 g/mol. The Hall–Kier alpha value is -2.00. The van der Waals surface area contributed by atoms with Crippen LogP contribution in [0.4, 0.5) is 5.69 Å². The number of non-ortho nitro benzene ring substituents is 1. The van der Waals surface area contributed by atoms with Crippen molar-refractivity contribution < 1.29 is 37.4 Å². The van der Waals surface area contributed by atoms with Gasteiger partial charge in [-0.25, -0.2) is 4.57 Å². The average Bonchev–Trinajstić information content (AvgIpc) is 2.60. The van der Waals surface area contributed by atoms with Gasteiger partial charge in [0.15, 0.2) is 0 Å². The number of benzene rings is 1. The summed E-state index contributed by atoms with van der Waals surface area (Å²) in [5.74, 6) is -0.682. The number of carboxylic acids is 1. The van der Waals surface area contributed by atoms with Gasteiger partial charge in [0.1, 0.15) is 18.9 Å². The highest BCUT2D eigenvalue weighted by atomic mass is 31.2. The van der Waals surface area contributed by atoms with Crippen molar-refractivity contribution in [3.63, 3.8) is 0 Å². The maximum Gasteiger partial charge on any atom is 0.530 e. The molecule has 0 saturated carbocycles.